The maximum atomic E-state index is 11.1. The van der Waals surface area contributed by atoms with Gasteiger partial charge in [0.15, 0.2) is 0 Å². The standard InChI is InChI=1S/C16H15NO3S/c1-12-7-9-14(10-8-12)21-16(17(19)20)11-15(18)13-5-3-2-4-6-13/h2-11,15,18H,1H3/b16-11-/t15-/m1/s1. The summed E-state index contributed by atoms with van der Waals surface area (Å²) in [5, 5.41) is 21.1. The first-order valence-corrected chi connectivity index (χ1v) is 7.21. The summed E-state index contributed by atoms with van der Waals surface area (Å²) < 4.78 is 0. The van der Waals surface area contributed by atoms with Crippen LogP contribution in [0.3, 0.4) is 0 Å². The topological polar surface area (TPSA) is 63.4 Å². The van der Waals surface area contributed by atoms with Gasteiger partial charge in [0, 0.05) is 11.0 Å². The van der Waals surface area contributed by atoms with Crippen LogP contribution in [0.5, 0.6) is 0 Å². The molecule has 0 saturated heterocycles. The molecule has 0 aromatic heterocycles. The minimum Gasteiger partial charge on any atom is -0.384 e. The third-order valence-electron chi connectivity index (χ3n) is 2.86. The van der Waals surface area contributed by atoms with Crippen molar-refractivity contribution in [2.75, 3.05) is 0 Å². The van der Waals surface area contributed by atoms with Crippen LogP contribution in [0.15, 0.2) is 70.6 Å². The van der Waals surface area contributed by atoms with Crippen molar-refractivity contribution in [1.29, 1.82) is 0 Å². The van der Waals surface area contributed by atoms with Gasteiger partial charge in [-0.05, 0) is 36.4 Å². The molecule has 2 aromatic carbocycles. The Labute approximate surface area is 127 Å². The van der Waals surface area contributed by atoms with Crippen molar-refractivity contribution in [1.82, 2.24) is 0 Å². The Balaban J connectivity index is 2.20. The molecule has 0 unspecified atom stereocenters. The maximum Gasteiger partial charge on any atom is 0.306 e. The Morgan fingerprint density at radius 1 is 1.19 bits per heavy atom. The minimum absolute atomic E-state index is 0.0878. The molecule has 108 valence electrons. The molecular weight excluding hydrogens is 286 g/mol. The van der Waals surface area contributed by atoms with E-state index in [-0.39, 0.29) is 5.03 Å². The molecule has 0 heterocycles. The van der Waals surface area contributed by atoms with Crippen molar-refractivity contribution < 1.29 is 10.0 Å². The van der Waals surface area contributed by atoms with Crippen molar-refractivity contribution in [3.63, 3.8) is 0 Å². The molecular formula is C16H15NO3S. The van der Waals surface area contributed by atoms with Crippen LogP contribution >= 0.6 is 11.8 Å². The Hall–Kier alpha value is -2.11. The summed E-state index contributed by atoms with van der Waals surface area (Å²) in [5.41, 5.74) is 1.72. The van der Waals surface area contributed by atoms with Crippen LogP contribution in [0.2, 0.25) is 0 Å². The highest BCUT2D eigenvalue weighted by Gasteiger charge is 2.16. The summed E-state index contributed by atoms with van der Waals surface area (Å²) in [6, 6.07) is 16.3. The van der Waals surface area contributed by atoms with E-state index in [1.807, 2.05) is 37.3 Å². The number of aliphatic hydroxyl groups excluding tert-OH is 1. The van der Waals surface area contributed by atoms with E-state index in [0.717, 1.165) is 22.2 Å². The lowest BCUT2D eigenvalue weighted by atomic mass is 10.1. The first-order chi connectivity index (χ1) is 10.1. The molecule has 21 heavy (non-hydrogen) atoms. The highest BCUT2D eigenvalue weighted by Crippen LogP contribution is 2.29. The number of rotatable bonds is 5. The normalized spacial score (nSPS) is 13.0. The van der Waals surface area contributed by atoms with Crippen LogP contribution in [0.4, 0.5) is 0 Å². The first kappa shape index (κ1) is 15.3. The van der Waals surface area contributed by atoms with Crippen LogP contribution < -0.4 is 0 Å². The predicted molar refractivity (Wildman–Crippen MR) is 83.5 cm³/mol. The summed E-state index contributed by atoms with van der Waals surface area (Å²) in [6.07, 6.45) is 0.268. The first-order valence-electron chi connectivity index (χ1n) is 6.40. The largest absolute Gasteiger partial charge is 0.384 e. The zero-order chi connectivity index (χ0) is 15.2. The number of hydrogen-bond acceptors (Lipinski definition) is 4. The van der Waals surface area contributed by atoms with Gasteiger partial charge in [-0.3, -0.25) is 10.1 Å². The second-order valence-electron chi connectivity index (χ2n) is 4.53. The van der Waals surface area contributed by atoms with E-state index < -0.39 is 11.0 Å². The van der Waals surface area contributed by atoms with Gasteiger partial charge in [0.05, 0.1) is 4.92 Å². The second-order valence-corrected chi connectivity index (χ2v) is 5.63. The molecule has 1 atom stereocenters. The summed E-state index contributed by atoms with van der Waals surface area (Å²) in [6.45, 7) is 1.96. The average molecular weight is 301 g/mol. The highest BCUT2D eigenvalue weighted by atomic mass is 32.2. The number of nitrogens with zero attached hydrogens (tertiary/aromatic N) is 1. The van der Waals surface area contributed by atoms with Gasteiger partial charge in [0.2, 0.25) is 0 Å². The van der Waals surface area contributed by atoms with Gasteiger partial charge in [-0.25, -0.2) is 0 Å². The van der Waals surface area contributed by atoms with Gasteiger partial charge in [0.25, 0.3) is 0 Å². The third-order valence-corrected chi connectivity index (χ3v) is 3.87. The van der Waals surface area contributed by atoms with Crippen LogP contribution in [0.25, 0.3) is 0 Å². The molecule has 4 nitrogen and oxygen atoms in total. The predicted octanol–water partition coefficient (Wildman–Crippen LogP) is 3.94. The highest BCUT2D eigenvalue weighted by molar-refractivity contribution is 8.02. The molecule has 0 amide bonds. The van der Waals surface area contributed by atoms with E-state index >= 15 is 0 Å². The fourth-order valence-electron chi connectivity index (χ4n) is 1.74. The van der Waals surface area contributed by atoms with Crippen molar-refractivity contribution >= 4 is 11.8 Å². The number of aliphatic hydroxyl groups is 1. The van der Waals surface area contributed by atoms with Gasteiger partial charge in [-0.1, -0.05) is 48.0 Å². The average Bonchev–Trinajstić information content (AvgIpc) is 2.49. The fraction of sp³-hybridized carbons (Fsp3) is 0.125. The molecule has 0 fully saturated rings. The number of aryl methyl sites for hydroxylation is 1. The lowest BCUT2D eigenvalue weighted by molar-refractivity contribution is -0.411. The fourth-order valence-corrected chi connectivity index (χ4v) is 2.53. The van der Waals surface area contributed by atoms with Crippen LogP contribution in [0.1, 0.15) is 17.2 Å². The number of nitro groups is 1. The Kier molecular flexibility index (Phi) is 5.14. The van der Waals surface area contributed by atoms with Gasteiger partial charge < -0.3 is 5.11 Å². The quantitative estimate of drug-likeness (QED) is 0.516. The SMILES string of the molecule is Cc1ccc(S/C(=C\[C@@H](O)c2ccccc2)[N+](=O)[O-])cc1. The maximum absolute atomic E-state index is 11.1. The smallest absolute Gasteiger partial charge is 0.306 e. The van der Waals surface area contributed by atoms with E-state index in [1.165, 1.54) is 6.08 Å². The van der Waals surface area contributed by atoms with Gasteiger partial charge >= 0.3 is 5.03 Å². The van der Waals surface area contributed by atoms with Crippen LogP contribution in [-0.2, 0) is 0 Å². The lowest BCUT2D eigenvalue weighted by Gasteiger charge is -2.06. The van der Waals surface area contributed by atoms with E-state index in [4.69, 9.17) is 0 Å². The zero-order valence-electron chi connectivity index (χ0n) is 11.5. The van der Waals surface area contributed by atoms with Crippen molar-refractivity contribution in [2.45, 2.75) is 17.9 Å². The summed E-state index contributed by atoms with van der Waals surface area (Å²) >= 11 is 1.03. The van der Waals surface area contributed by atoms with Crippen molar-refractivity contribution in [3.05, 3.63) is 86.9 Å². The van der Waals surface area contributed by atoms with Crippen molar-refractivity contribution in [2.24, 2.45) is 0 Å². The number of thioether (sulfide) groups is 1. The molecule has 1 N–H and O–H groups in total. The lowest BCUT2D eigenvalue weighted by Crippen LogP contribution is -2.00. The molecule has 0 aliphatic rings. The molecule has 0 saturated carbocycles. The second kappa shape index (κ2) is 7.06. The third kappa shape index (κ3) is 4.44. The Bertz CT molecular complexity index is 638. The van der Waals surface area contributed by atoms with E-state index in [2.05, 4.69) is 0 Å². The van der Waals surface area contributed by atoms with E-state index in [1.54, 1.807) is 24.3 Å². The van der Waals surface area contributed by atoms with Gasteiger partial charge in [-0.15, -0.1) is 0 Å². The zero-order valence-corrected chi connectivity index (χ0v) is 12.3. The van der Waals surface area contributed by atoms with Gasteiger partial charge in [0.1, 0.15) is 6.10 Å². The Morgan fingerprint density at radius 2 is 1.81 bits per heavy atom. The molecule has 2 aromatic rings. The molecule has 2 rings (SSSR count). The van der Waals surface area contributed by atoms with Crippen LogP contribution in [0, 0.1) is 17.0 Å². The number of hydrogen-bond donors (Lipinski definition) is 1. The minimum atomic E-state index is -0.996. The van der Waals surface area contributed by atoms with Crippen molar-refractivity contribution in [3.8, 4) is 0 Å². The molecule has 0 spiro atoms. The van der Waals surface area contributed by atoms with E-state index in [0.29, 0.717) is 5.56 Å². The van der Waals surface area contributed by atoms with Gasteiger partial charge in [-0.2, -0.15) is 0 Å². The van der Waals surface area contributed by atoms with Crippen LogP contribution in [-0.4, -0.2) is 10.0 Å². The molecule has 5 heteroatoms. The van der Waals surface area contributed by atoms with E-state index in [9.17, 15) is 15.2 Å². The molecule has 0 bridgehead atoms. The monoisotopic (exact) mass is 301 g/mol. The number of benzene rings is 2. The summed E-state index contributed by atoms with van der Waals surface area (Å²) in [7, 11) is 0. The summed E-state index contributed by atoms with van der Waals surface area (Å²) in [5.74, 6) is 0. The molecule has 0 radical (unpaired) electrons. The molecule has 0 aliphatic heterocycles. The summed E-state index contributed by atoms with van der Waals surface area (Å²) in [4.78, 5) is 11.4. The Morgan fingerprint density at radius 3 is 2.38 bits per heavy atom. The molecule has 0 aliphatic carbocycles.